The lowest BCUT2D eigenvalue weighted by Gasteiger charge is -2.28. The van der Waals surface area contributed by atoms with E-state index in [9.17, 15) is 0 Å². The van der Waals surface area contributed by atoms with Crippen LogP contribution in [0.15, 0.2) is 0 Å². The van der Waals surface area contributed by atoms with Gasteiger partial charge in [0, 0.05) is 13.7 Å². The molecule has 19 heavy (non-hydrogen) atoms. The van der Waals surface area contributed by atoms with Gasteiger partial charge in [-0.1, -0.05) is 0 Å². The van der Waals surface area contributed by atoms with Gasteiger partial charge >= 0.3 is 0 Å². The highest BCUT2D eigenvalue weighted by molar-refractivity contribution is 14.1. The minimum atomic E-state index is -0.351. The summed E-state index contributed by atoms with van der Waals surface area (Å²) in [6.07, 6.45) is 4.23. The molecule has 1 fully saturated rings. The number of hydrogen-bond acceptors (Lipinski definition) is 5. The van der Waals surface area contributed by atoms with Gasteiger partial charge in [0.1, 0.15) is 11.4 Å². The van der Waals surface area contributed by atoms with Crippen molar-refractivity contribution in [2.24, 2.45) is 0 Å². The topological polar surface area (TPSA) is 70.3 Å². The minimum absolute atomic E-state index is 0.351. The van der Waals surface area contributed by atoms with E-state index in [4.69, 9.17) is 15.2 Å². The van der Waals surface area contributed by atoms with Gasteiger partial charge in [0.2, 0.25) is 0 Å². The van der Waals surface area contributed by atoms with E-state index in [1.807, 2.05) is 6.92 Å². The first-order chi connectivity index (χ1) is 9.13. The molecule has 0 saturated heterocycles. The molecule has 1 saturated carbocycles. The number of nitrogens with two attached hydrogens (primary N) is 1. The Morgan fingerprint density at radius 2 is 2.00 bits per heavy atom. The molecule has 1 aliphatic carbocycles. The zero-order valence-electron chi connectivity index (χ0n) is 11.4. The average molecular weight is 377 g/mol. The molecule has 2 N–H and O–H groups in total. The lowest BCUT2D eigenvalue weighted by Crippen LogP contribution is -2.30. The fraction of sp³-hybridized carbons (Fsp3) is 0.692. The van der Waals surface area contributed by atoms with E-state index in [0.29, 0.717) is 19.0 Å². The highest BCUT2D eigenvalue weighted by Crippen LogP contribution is 2.41. The third-order valence-electron chi connectivity index (χ3n) is 3.47. The van der Waals surface area contributed by atoms with Crippen molar-refractivity contribution in [3.8, 4) is 0 Å². The van der Waals surface area contributed by atoms with E-state index in [1.165, 1.54) is 0 Å². The number of methoxy groups -OCH3 is 1. The summed E-state index contributed by atoms with van der Waals surface area (Å²) in [5.41, 5.74) is 6.50. The molecule has 0 aliphatic heterocycles. The lowest BCUT2D eigenvalue weighted by atomic mass is 10.0. The molecular formula is C13H20IN3O2. The number of ether oxygens (including phenoxy) is 2. The van der Waals surface area contributed by atoms with Crippen LogP contribution in [-0.2, 0) is 21.7 Å². The average Bonchev–Trinajstić information content (AvgIpc) is 2.85. The molecule has 5 nitrogen and oxygen atoms in total. The van der Waals surface area contributed by atoms with Crippen LogP contribution in [0.3, 0.4) is 0 Å². The molecule has 1 aromatic rings. The quantitative estimate of drug-likeness (QED) is 0.799. The summed E-state index contributed by atoms with van der Waals surface area (Å²) < 4.78 is 12.0. The number of nitrogens with zero attached hydrogens (tertiary/aromatic N) is 2. The normalized spacial score (nSPS) is 17.8. The van der Waals surface area contributed by atoms with Crippen LogP contribution in [0.1, 0.15) is 44.1 Å². The number of rotatable bonds is 5. The van der Waals surface area contributed by atoms with Crippen molar-refractivity contribution < 1.29 is 9.47 Å². The van der Waals surface area contributed by atoms with Gasteiger partial charge in [0.05, 0.1) is 15.9 Å². The van der Waals surface area contributed by atoms with Crippen molar-refractivity contribution in [1.82, 2.24) is 9.97 Å². The van der Waals surface area contributed by atoms with E-state index in [2.05, 4.69) is 32.6 Å². The van der Waals surface area contributed by atoms with Gasteiger partial charge in [0.15, 0.2) is 5.82 Å². The summed E-state index contributed by atoms with van der Waals surface area (Å²) in [6.45, 7) is 3.11. The smallest absolute Gasteiger partial charge is 0.163 e. The van der Waals surface area contributed by atoms with E-state index in [0.717, 1.165) is 40.8 Å². The molecule has 1 heterocycles. The second-order valence-electron chi connectivity index (χ2n) is 4.76. The molecule has 1 aliphatic rings. The Labute approximate surface area is 127 Å². The zero-order valence-corrected chi connectivity index (χ0v) is 13.6. The predicted molar refractivity (Wildman–Crippen MR) is 81.6 cm³/mol. The van der Waals surface area contributed by atoms with Gasteiger partial charge in [-0.15, -0.1) is 0 Å². The van der Waals surface area contributed by atoms with E-state index in [-0.39, 0.29) is 5.60 Å². The van der Waals surface area contributed by atoms with Crippen LogP contribution in [0.4, 0.5) is 5.82 Å². The molecule has 0 amide bonds. The molecule has 0 bridgehead atoms. The second kappa shape index (κ2) is 6.32. The highest BCUT2D eigenvalue weighted by Gasteiger charge is 2.39. The summed E-state index contributed by atoms with van der Waals surface area (Å²) in [4.78, 5) is 9.11. The highest BCUT2D eigenvalue weighted by atomic mass is 127. The summed E-state index contributed by atoms with van der Waals surface area (Å²) in [6, 6.07) is 0. The number of nitrogen functional groups attached to an aromatic ring is 1. The molecule has 0 aromatic carbocycles. The summed E-state index contributed by atoms with van der Waals surface area (Å²) >= 11 is 2.16. The van der Waals surface area contributed by atoms with E-state index < -0.39 is 0 Å². The van der Waals surface area contributed by atoms with E-state index in [1.54, 1.807) is 7.11 Å². The Morgan fingerprint density at radius 3 is 2.58 bits per heavy atom. The lowest BCUT2D eigenvalue weighted by molar-refractivity contribution is -0.0459. The maximum Gasteiger partial charge on any atom is 0.163 e. The Hall–Kier alpha value is -0.470. The largest absolute Gasteiger partial charge is 0.383 e. The summed E-state index contributed by atoms with van der Waals surface area (Å²) in [5.74, 6) is 1.24. The summed E-state index contributed by atoms with van der Waals surface area (Å²) in [5, 5.41) is 0. The molecule has 6 heteroatoms. The second-order valence-corrected chi connectivity index (χ2v) is 5.84. The maximum atomic E-state index is 6.00. The van der Waals surface area contributed by atoms with Gasteiger partial charge in [0.25, 0.3) is 0 Å². The first kappa shape index (κ1) is 14.9. The standard InChI is InChI=1S/C13H20IN3O2/c1-3-19-13(6-4-5-7-13)12-16-9(8-18-2)10(14)11(15)17-12/h3-8H2,1-2H3,(H2,15,16,17). The van der Waals surface area contributed by atoms with Crippen LogP contribution < -0.4 is 5.73 Å². The fourth-order valence-corrected chi connectivity index (χ4v) is 3.00. The third-order valence-corrected chi connectivity index (χ3v) is 4.64. The van der Waals surface area contributed by atoms with Gasteiger partial charge in [-0.25, -0.2) is 9.97 Å². The molecule has 0 atom stereocenters. The van der Waals surface area contributed by atoms with Crippen LogP contribution in [-0.4, -0.2) is 23.7 Å². The molecular weight excluding hydrogens is 357 g/mol. The Bertz CT molecular complexity index is 448. The third kappa shape index (κ3) is 3.00. The number of halogens is 1. The van der Waals surface area contributed by atoms with Crippen LogP contribution in [0, 0.1) is 3.57 Å². The number of hydrogen-bond donors (Lipinski definition) is 1. The first-order valence-electron chi connectivity index (χ1n) is 6.58. The monoisotopic (exact) mass is 377 g/mol. The Kier molecular flexibility index (Phi) is 4.97. The molecule has 106 valence electrons. The van der Waals surface area contributed by atoms with Crippen molar-refractivity contribution in [2.75, 3.05) is 19.5 Å². The molecule has 2 rings (SSSR count). The van der Waals surface area contributed by atoms with Gasteiger partial charge in [-0.3, -0.25) is 0 Å². The zero-order chi connectivity index (χ0) is 13.9. The van der Waals surface area contributed by atoms with Crippen molar-refractivity contribution in [3.63, 3.8) is 0 Å². The molecule has 0 radical (unpaired) electrons. The molecule has 0 unspecified atom stereocenters. The van der Waals surface area contributed by atoms with Crippen LogP contribution in [0.25, 0.3) is 0 Å². The van der Waals surface area contributed by atoms with Crippen molar-refractivity contribution in [2.45, 2.75) is 44.8 Å². The fourth-order valence-electron chi connectivity index (χ4n) is 2.60. The van der Waals surface area contributed by atoms with Crippen LogP contribution >= 0.6 is 22.6 Å². The minimum Gasteiger partial charge on any atom is -0.383 e. The molecule has 1 aromatic heterocycles. The Morgan fingerprint density at radius 1 is 1.32 bits per heavy atom. The van der Waals surface area contributed by atoms with Crippen LogP contribution in [0.5, 0.6) is 0 Å². The molecule has 0 spiro atoms. The van der Waals surface area contributed by atoms with Crippen molar-refractivity contribution in [3.05, 3.63) is 15.1 Å². The Balaban J connectivity index is 2.42. The van der Waals surface area contributed by atoms with Crippen molar-refractivity contribution in [1.29, 1.82) is 0 Å². The van der Waals surface area contributed by atoms with Gasteiger partial charge in [-0.2, -0.15) is 0 Å². The number of anilines is 1. The van der Waals surface area contributed by atoms with Gasteiger partial charge in [-0.05, 0) is 55.2 Å². The van der Waals surface area contributed by atoms with Gasteiger partial charge < -0.3 is 15.2 Å². The predicted octanol–water partition coefficient (Wildman–Crippen LogP) is 2.62. The van der Waals surface area contributed by atoms with Crippen LogP contribution in [0.2, 0.25) is 0 Å². The summed E-state index contributed by atoms with van der Waals surface area (Å²) in [7, 11) is 1.65. The van der Waals surface area contributed by atoms with E-state index >= 15 is 0 Å². The first-order valence-corrected chi connectivity index (χ1v) is 7.66. The van der Waals surface area contributed by atoms with Crippen molar-refractivity contribution >= 4 is 28.4 Å². The SMILES string of the molecule is CCOC1(c2nc(N)c(I)c(COC)n2)CCCC1. The number of aromatic nitrogens is 2. The maximum absolute atomic E-state index is 6.00.